The molecule has 0 saturated heterocycles. The molecule has 3 rings (SSSR count). The fourth-order valence-electron chi connectivity index (χ4n) is 2.65. The fraction of sp³-hybridized carbons (Fsp3) is 0.350. The number of amides is 3. The van der Waals surface area contributed by atoms with Gasteiger partial charge in [0, 0.05) is 5.69 Å². The first-order valence-electron chi connectivity index (χ1n) is 9.64. The molecule has 3 N–H and O–H groups in total. The molecular formula is C20H18F6N4O3. The summed E-state index contributed by atoms with van der Waals surface area (Å²) in [6, 6.07) is 4.10. The number of carbonyl (C=O) groups is 2. The number of hydrogen-bond acceptors (Lipinski definition) is 4. The van der Waals surface area contributed by atoms with Gasteiger partial charge in [-0.3, -0.25) is 4.79 Å². The number of ether oxygens (including phenoxy) is 1. The molecule has 0 radical (unpaired) electrons. The molecule has 178 valence electrons. The Morgan fingerprint density at radius 3 is 2.36 bits per heavy atom. The molecule has 1 heterocycles. The second-order valence-electron chi connectivity index (χ2n) is 7.33. The standard InChI is InChI=1S/C20H18F6N4O3/c21-19(22,23)8-16(31)28-14-7-15(17(27-9-14)33-10-11-4-5-11)30-18(32)29-13-3-1-2-12(6-13)20(24,25)26/h1-3,6-7,9,11H,4-5,8,10H2,(H,28,31)(H2,29,30,32). The van der Waals surface area contributed by atoms with Crippen LogP contribution in [0.1, 0.15) is 24.8 Å². The molecule has 1 fully saturated rings. The fourth-order valence-corrected chi connectivity index (χ4v) is 2.65. The Morgan fingerprint density at radius 2 is 1.73 bits per heavy atom. The van der Waals surface area contributed by atoms with Crippen molar-refractivity contribution in [2.45, 2.75) is 31.6 Å². The van der Waals surface area contributed by atoms with Crippen LogP contribution in [0.4, 0.5) is 48.2 Å². The van der Waals surface area contributed by atoms with Crippen LogP contribution in [-0.4, -0.2) is 29.7 Å². The average Bonchev–Trinajstić information content (AvgIpc) is 3.50. The minimum Gasteiger partial charge on any atom is -0.476 e. The lowest BCUT2D eigenvalue weighted by Gasteiger charge is -2.15. The second-order valence-corrected chi connectivity index (χ2v) is 7.33. The Labute approximate surface area is 183 Å². The number of alkyl halides is 6. The van der Waals surface area contributed by atoms with Crippen LogP contribution in [0.15, 0.2) is 36.5 Å². The van der Waals surface area contributed by atoms with Crippen LogP contribution in [0.25, 0.3) is 0 Å². The Bertz CT molecular complexity index is 1020. The van der Waals surface area contributed by atoms with Crippen molar-refractivity contribution in [3.63, 3.8) is 0 Å². The number of rotatable bonds is 7. The lowest BCUT2D eigenvalue weighted by atomic mass is 10.2. The van der Waals surface area contributed by atoms with E-state index < -0.39 is 36.3 Å². The van der Waals surface area contributed by atoms with E-state index in [0.29, 0.717) is 5.92 Å². The molecule has 1 aliphatic carbocycles. The number of anilines is 3. The highest BCUT2D eigenvalue weighted by Gasteiger charge is 2.32. The summed E-state index contributed by atoms with van der Waals surface area (Å²) >= 11 is 0. The van der Waals surface area contributed by atoms with E-state index in [1.54, 1.807) is 0 Å². The maximum absolute atomic E-state index is 12.9. The van der Waals surface area contributed by atoms with E-state index in [2.05, 4.69) is 15.6 Å². The zero-order valence-electron chi connectivity index (χ0n) is 16.8. The maximum atomic E-state index is 12.9. The molecule has 13 heteroatoms. The summed E-state index contributed by atoms with van der Waals surface area (Å²) in [7, 11) is 0. The Hall–Kier alpha value is -3.51. The van der Waals surface area contributed by atoms with Crippen LogP contribution in [0, 0.1) is 5.92 Å². The molecule has 0 aliphatic heterocycles. The monoisotopic (exact) mass is 476 g/mol. The number of aromatic nitrogens is 1. The van der Waals surface area contributed by atoms with Crippen molar-refractivity contribution >= 4 is 29.0 Å². The molecule has 0 bridgehead atoms. The second kappa shape index (κ2) is 9.55. The number of pyridine rings is 1. The van der Waals surface area contributed by atoms with Crippen LogP contribution in [-0.2, 0) is 11.0 Å². The highest BCUT2D eigenvalue weighted by molar-refractivity contribution is 6.01. The van der Waals surface area contributed by atoms with Crippen molar-refractivity contribution in [1.82, 2.24) is 4.98 Å². The lowest BCUT2D eigenvalue weighted by molar-refractivity contribution is -0.150. The number of nitrogens with zero attached hydrogens (tertiary/aromatic N) is 1. The summed E-state index contributed by atoms with van der Waals surface area (Å²) in [6.07, 6.45) is -8.07. The molecule has 1 aromatic carbocycles. The van der Waals surface area contributed by atoms with Crippen molar-refractivity contribution in [3.05, 3.63) is 42.1 Å². The molecular weight excluding hydrogens is 458 g/mol. The van der Waals surface area contributed by atoms with E-state index >= 15 is 0 Å². The van der Waals surface area contributed by atoms with E-state index in [1.807, 2.05) is 5.32 Å². The van der Waals surface area contributed by atoms with E-state index in [-0.39, 0.29) is 29.5 Å². The lowest BCUT2D eigenvalue weighted by Crippen LogP contribution is -2.22. The molecule has 0 spiro atoms. The summed E-state index contributed by atoms with van der Waals surface area (Å²) in [6.45, 7) is 0.288. The molecule has 2 aromatic rings. The van der Waals surface area contributed by atoms with Crippen LogP contribution >= 0.6 is 0 Å². The number of hydrogen-bond donors (Lipinski definition) is 3. The first-order chi connectivity index (χ1) is 15.4. The topological polar surface area (TPSA) is 92.3 Å². The third-order valence-electron chi connectivity index (χ3n) is 4.34. The summed E-state index contributed by atoms with van der Waals surface area (Å²) < 4.78 is 81.2. The number of urea groups is 1. The summed E-state index contributed by atoms with van der Waals surface area (Å²) in [5.74, 6) is -1.09. The maximum Gasteiger partial charge on any atom is 0.416 e. The molecule has 0 unspecified atom stereocenters. The summed E-state index contributed by atoms with van der Waals surface area (Å²) in [5.41, 5.74) is -1.35. The number of benzene rings is 1. The zero-order chi connectivity index (χ0) is 24.2. The first-order valence-corrected chi connectivity index (χ1v) is 9.64. The van der Waals surface area contributed by atoms with Gasteiger partial charge >= 0.3 is 18.4 Å². The Kier molecular flexibility index (Phi) is 6.98. The van der Waals surface area contributed by atoms with E-state index in [0.717, 1.165) is 43.3 Å². The van der Waals surface area contributed by atoms with Gasteiger partial charge in [-0.15, -0.1) is 0 Å². The van der Waals surface area contributed by atoms with Gasteiger partial charge in [-0.25, -0.2) is 9.78 Å². The van der Waals surface area contributed by atoms with Crippen molar-refractivity contribution in [2.24, 2.45) is 5.92 Å². The summed E-state index contributed by atoms with van der Waals surface area (Å²) in [5, 5.41) is 6.58. The largest absolute Gasteiger partial charge is 0.476 e. The van der Waals surface area contributed by atoms with Gasteiger partial charge in [0.1, 0.15) is 12.1 Å². The minimum absolute atomic E-state index is 0.0603. The highest BCUT2D eigenvalue weighted by Crippen LogP contribution is 2.33. The quantitative estimate of drug-likeness (QED) is 0.465. The third kappa shape index (κ3) is 7.84. The smallest absolute Gasteiger partial charge is 0.416 e. The van der Waals surface area contributed by atoms with Crippen LogP contribution in [0.2, 0.25) is 0 Å². The van der Waals surface area contributed by atoms with Gasteiger partial charge < -0.3 is 20.7 Å². The van der Waals surface area contributed by atoms with Crippen LogP contribution in [0.5, 0.6) is 5.88 Å². The molecule has 1 aromatic heterocycles. The van der Waals surface area contributed by atoms with Crippen molar-refractivity contribution < 1.29 is 40.7 Å². The van der Waals surface area contributed by atoms with E-state index in [1.165, 1.54) is 6.07 Å². The molecule has 1 saturated carbocycles. The number of nitrogens with one attached hydrogen (secondary N) is 3. The van der Waals surface area contributed by atoms with Gasteiger partial charge in [0.05, 0.1) is 24.1 Å². The Morgan fingerprint density at radius 1 is 1.00 bits per heavy atom. The highest BCUT2D eigenvalue weighted by atomic mass is 19.4. The predicted octanol–water partition coefficient (Wildman–Crippen LogP) is 5.42. The van der Waals surface area contributed by atoms with Gasteiger partial charge in [-0.2, -0.15) is 26.3 Å². The minimum atomic E-state index is -4.71. The molecule has 3 amide bonds. The van der Waals surface area contributed by atoms with Gasteiger partial charge in [0.15, 0.2) is 0 Å². The third-order valence-corrected chi connectivity index (χ3v) is 4.34. The average molecular weight is 476 g/mol. The van der Waals surface area contributed by atoms with Crippen molar-refractivity contribution in [1.29, 1.82) is 0 Å². The van der Waals surface area contributed by atoms with Crippen LogP contribution < -0.4 is 20.7 Å². The van der Waals surface area contributed by atoms with Gasteiger partial charge in [0.2, 0.25) is 11.8 Å². The molecule has 33 heavy (non-hydrogen) atoms. The van der Waals surface area contributed by atoms with E-state index in [9.17, 15) is 35.9 Å². The molecule has 1 aliphatic rings. The van der Waals surface area contributed by atoms with E-state index in [4.69, 9.17) is 4.74 Å². The first kappa shape index (κ1) is 24.1. The Balaban J connectivity index is 1.74. The van der Waals surface area contributed by atoms with Crippen molar-refractivity contribution in [2.75, 3.05) is 22.6 Å². The van der Waals surface area contributed by atoms with Gasteiger partial charge in [-0.1, -0.05) is 6.07 Å². The van der Waals surface area contributed by atoms with Crippen LogP contribution in [0.3, 0.4) is 0 Å². The normalized spacial score (nSPS) is 13.9. The molecule has 7 nitrogen and oxygen atoms in total. The SMILES string of the molecule is O=C(CC(F)(F)F)Nc1cnc(OCC2CC2)c(NC(=O)Nc2cccc(C(F)(F)F)c2)c1. The predicted molar refractivity (Wildman–Crippen MR) is 106 cm³/mol. The van der Waals surface area contributed by atoms with Gasteiger partial charge in [0.25, 0.3) is 0 Å². The number of carbonyl (C=O) groups excluding carboxylic acids is 2. The summed E-state index contributed by atoms with van der Waals surface area (Å²) in [4.78, 5) is 27.8. The van der Waals surface area contributed by atoms with Crippen molar-refractivity contribution in [3.8, 4) is 5.88 Å². The zero-order valence-corrected chi connectivity index (χ0v) is 16.8. The van der Waals surface area contributed by atoms with Gasteiger partial charge in [-0.05, 0) is 43.0 Å². The molecule has 0 atom stereocenters. The number of halogens is 6.